The minimum atomic E-state index is -1.43. The highest BCUT2D eigenvalue weighted by Crippen LogP contribution is 2.22. The van der Waals surface area contributed by atoms with Gasteiger partial charge in [0.25, 0.3) is 0 Å². The van der Waals surface area contributed by atoms with Gasteiger partial charge in [-0.2, -0.15) is 0 Å². The first-order valence-corrected chi connectivity index (χ1v) is 18.4. The van der Waals surface area contributed by atoms with Crippen LogP contribution in [0.2, 0.25) is 0 Å². The molecule has 0 unspecified atom stereocenters. The number of ether oxygens (including phenoxy) is 4. The van der Waals surface area contributed by atoms with E-state index in [1.54, 1.807) is 0 Å². The molecule has 0 fully saturated rings. The maximum atomic E-state index is 6.33. The molecule has 0 rings (SSSR count). The Labute approximate surface area is 276 Å². The molecule has 0 aromatic rings. The van der Waals surface area contributed by atoms with Crippen molar-refractivity contribution >= 4 is 0 Å². The van der Waals surface area contributed by atoms with E-state index in [9.17, 15) is 0 Å². The largest absolute Gasteiger partial charge is 0.412 e. The van der Waals surface area contributed by atoms with Gasteiger partial charge in [0, 0.05) is 52.4 Å². The normalized spacial score (nSPS) is 12.0. The molecule has 12 heteroatoms. The topological polar surface area (TPSA) is 189 Å². The molecule has 0 aliphatic rings. The second-order valence-corrected chi connectivity index (χ2v) is 11.7. The molecule has 0 saturated carbocycles. The van der Waals surface area contributed by atoms with Crippen molar-refractivity contribution in [2.24, 2.45) is 22.9 Å². The Morgan fingerprint density at radius 2 is 0.511 bits per heavy atom. The zero-order valence-electron chi connectivity index (χ0n) is 29.1. The summed E-state index contributed by atoms with van der Waals surface area (Å²) < 4.78 is 25.3. The van der Waals surface area contributed by atoms with Gasteiger partial charge in [-0.25, -0.2) is 0 Å². The molecule has 0 aromatic carbocycles. The number of nitrogens with two attached hydrogens (primary N) is 4. The van der Waals surface area contributed by atoms with E-state index in [4.69, 9.17) is 41.9 Å². The third-order valence-electron chi connectivity index (χ3n) is 7.39. The summed E-state index contributed by atoms with van der Waals surface area (Å²) in [5.74, 6) is 0. The lowest BCUT2D eigenvalue weighted by atomic mass is 10.2. The minimum Gasteiger partial charge on any atom is -0.329 e. The summed E-state index contributed by atoms with van der Waals surface area (Å²) in [7, 11) is 0. The van der Waals surface area contributed by atoms with Crippen LogP contribution in [-0.4, -0.2) is 111 Å². The van der Waals surface area contributed by atoms with Crippen LogP contribution in [0.25, 0.3) is 0 Å². The van der Waals surface area contributed by atoms with Crippen LogP contribution in [0, 0.1) is 0 Å². The van der Waals surface area contributed by atoms with Gasteiger partial charge in [0.1, 0.15) is 0 Å². The third kappa shape index (κ3) is 33.2. The van der Waals surface area contributed by atoms with Gasteiger partial charge in [-0.1, -0.05) is 51.4 Å². The van der Waals surface area contributed by atoms with Crippen molar-refractivity contribution in [1.29, 1.82) is 0 Å². The number of rotatable bonds is 40. The maximum absolute atomic E-state index is 6.33. The SMILES string of the molecule is NCCNCCCCCCOC(OCCCCCCNCCN)(OCCCCCCNCCN)OCCCCCCNCCN. The molecule has 0 aliphatic heterocycles. The second kappa shape index (κ2) is 38.0. The molecule has 0 bridgehead atoms. The highest BCUT2D eigenvalue weighted by molar-refractivity contribution is 4.56. The van der Waals surface area contributed by atoms with Crippen molar-refractivity contribution in [2.75, 3.05) is 105 Å². The van der Waals surface area contributed by atoms with Crippen molar-refractivity contribution in [3.8, 4) is 0 Å². The molecule has 0 spiro atoms. The molecule has 0 radical (unpaired) electrons. The van der Waals surface area contributed by atoms with Gasteiger partial charge in [-0.05, 0) is 77.5 Å². The van der Waals surface area contributed by atoms with Crippen LogP contribution in [0.5, 0.6) is 0 Å². The summed E-state index contributed by atoms with van der Waals surface area (Å²) in [5, 5.41) is 13.4. The van der Waals surface area contributed by atoms with E-state index in [-0.39, 0.29) is 0 Å². The van der Waals surface area contributed by atoms with E-state index in [0.717, 1.165) is 155 Å². The number of unbranched alkanes of at least 4 members (excludes halogenated alkanes) is 12. The van der Waals surface area contributed by atoms with Crippen LogP contribution in [0.4, 0.5) is 0 Å². The smallest absolute Gasteiger partial charge is 0.329 e. The quantitative estimate of drug-likeness (QED) is 0.0357. The lowest BCUT2D eigenvalue weighted by molar-refractivity contribution is -0.499. The van der Waals surface area contributed by atoms with Crippen LogP contribution in [0.15, 0.2) is 0 Å². The molecule has 0 atom stereocenters. The van der Waals surface area contributed by atoms with E-state index in [1.165, 1.54) is 0 Å². The Balaban J connectivity index is 4.84. The van der Waals surface area contributed by atoms with Crippen molar-refractivity contribution in [1.82, 2.24) is 21.3 Å². The van der Waals surface area contributed by atoms with Crippen molar-refractivity contribution in [3.63, 3.8) is 0 Å². The Bertz CT molecular complexity index is 461. The minimum absolute atomic E-state index is 0.544. The van der Waals surface area contributed by atoms with Crippen LogP contribution >= 0.6 is 0 Å². The number of hydrogen-bond donors (Lipinski definition) is 8. The Kier molecular flexibility index (Phi) is 37.6. The van der Waals surface area contributed by atoms with E-state index in [1.807, 2.05) is 0 Å². The average Bonchev–Trinajstić information content (AvgIpc) is 3.05. The molecular weight excluding hydrogens is 572 g/mol. The lowest BCUT2D eigenvalue weighted by Crippen LogP contribution is -2.43. The lowest BCUT2D eigenvalue weighted by Gasteiger charge is -2.32. The molecule has 0 heterocycles. The molecule has 272 valence electrons. The van der Waals surface area contributed by atoms with Crippen LogP contribution in [-0.2, 0) is 18.9 Å². The van der Waals surface area contributed by atoms with Crippen molar-refractivity contribution in [3.05, 3.63) is 0 Å². The number of hydrogen-bond acceptors (Lipinski definition) is 12. The predicted octanol–water partition coefficient (Wildman–Crippen LogP) is 2.10. The fourth-order valence-corrected chi connectivity index (χ4v) is 4.77. The Morgan fingerprint density at radius 3 is 0.733 bits per heavy atom. The average molecular weight is 649 g/mol. The fraction of sp³-hybridized carbons (Fsp3) is 1.00. The first-order chi connectivity index (χ1) is 22.2. The highest BCUT2D eigenvalue weighted by Gasteiger charge is 2.35. The molecule has 0 amide bonds. The van der Waals surface area contributed by atoms with Gasteiger partial charge in [-0.3, -0.25) is 0 Å². The van der Waals surface area contributed by atoms with Crippen LogP contribution in [0.1, 0.15) is 103 Å². The van der Waals surface area contributed by atoms with Gasteiger partial charge in [-0.15, -0.1) is 0 Å². The van der Waals surface area contributed by atoms with Crippen molar-refractivity contribution < 1.29 is 18.9 Å². The molecule has 12 N–H and O–H groups in total. The maximum Gasteiger partial charge on any atom is 0.412 e. The van der Waals surface area contributed by atoms with E-state index >= 15 is 0 Å². The first-order valence-electron chi connectivity index (χ1n) is 18.4. The van der Waals surface area contributed by atoms with Gasteiger partial charge in [0.05, 0.1) is 26.4 Å². The summed E-state index contributed by atoms with van der Waals surface area (Å²) in [5.41, 5.74) is 22.2. The second-order valence-electron chi connectivity index (χ2n) is 11.7. The zero-order chi connectivity index (χ0) is 32.8. The van der Waals surface area contributed by atoms with Gasteiger partial charge < -0.3 is 63.1 Å². The zero-order valence-corrected chi connectivity index (χ0v) is 29.1. The summed E-state index contributed by atoms with van der Waals surface area (Å²) >= 11 is 0. The third-order valence-corrected chi connectivity index (χ3v) is 7.39. The standard InChI is InChI=1S/C33H76N8O4/c34-17-25-38-21-9-1-5-13-29-42-33(43-30-14-6-2-10-22-39-26-18-35,44-31-15-7-3-11-23-40-27-19-36)45-32-16-8-4-12-24-41-28-20-37/h38-41H,1-32,34-37H2. The van der Waals surface area contributed by atoms with Gasteiger partial charge in [0.15, 0.2) is 0 Å². The van der Waals surface area contributed by atoms with Crippen molar-refractivity contribution in [2.45, 2.75) is 109 Å². The molecular formula is C33H76N8O4. The number of nitrogens with one attached hydrogen (secondary N) is 4. The Hall–Kier alpha value is -0.480. The monoisotopic (exact) mass is 649 g/mol. The summed E-state index contributed by atoms with van der Waals surface area (Å²) in [6.07, 6.45) is 15.9. The van der Waals surface area contributed by atoms with Gasteiger partial charge >= 0.3 is 6.16 Å². The van der Waals surface area contributed by atoms with Crippen LogP contribution in [0.3, 0.4) is 0 Å². The van der Waals surface area contributed by atoms with E-state index in [0.29, 0.717) is 52.6 Å². The fourth-order valence-electron chi connectivity index (χ4n) is 4.77. The summed E-state index contributed by atoms with van der Waals surface area (Å²) in [6, 6.07) is 0. The predicted molar refractivity (Wildman–Crippen MR) is 188 cm³/mol. The Morgan fingerprint density at radius 1 is 0.289 bits per heavy atom. The highest BCUT2D eigenvalue weighted by atomic mass is 17.0. The molecule has 0 aromatic heterocycles. The molecule has 0 aliphatic carbocycles. The molecule has 12 nitrogen and oxygen atoms in total. The summed E-state index contributed by atoms with van der Waals surface area (Å²) in [6.45, 7) is 12.4. The summed E-state index contributed by atoms with van der Waals surface area (Å²) in [4.78, 5) is 0. The van der Waals surface area contributed by atoms with E-state index in [2.05, 4.69) is 21.3 Å². The molecule has 0 saturated heterocycles. The van der Waals surface area contributed by atoms with E-state index < -0.39 is 6.16 Å². The first kappa shape index (κ1) is 44.5. The van der Waals surface area contributed by atoms with Gasteiger partial charge in [0.2, 0.25) is 0 Å². The molecule has 45 heavy (non-hydrogen) atoms. The van der Waals surface area contributed by atoms with Crippen LogP contribution < -0.4 is 44.2 Å².